The quantitative estimate of drug-likeness (QED) is 0.448. The van der Waals surface area contributed by atoms with Gasteiger partial charge in [-0.25, -0.2) is 4.79 Å². The summed E-state index contributed by atoms with van der Waals surface area (Å²) < 4.78 is 1.70. The van der Waals surface area contributed by atoms with E-state index in [1.165, 1.54) is 19.3 Å². The van der Waals surface area contributed by atoms with Gasteiger partial charge in [-0.15, -0.1) is 0 Å². The standard InChI is InChI=1S/C20H17Cl2N5O3.C3H6/c1-26-18-12(9-24-26)10-27(17-5-3-13(21)7-16(17)25-18)19(28)14-4-2-11(6-15(14)22)8-23-20(29)30;1-2-3-1/h2-7,9,23,25H,8,10H2,1H3,(H,29,30);1-3H2. The molecule has 10 heteroatoms. The number of aromatic nitrogens is 2. The molecule has 0 spiro atoms. The molecule has 1 aliphatic carbocycles. The number of nitrogens with one attached hydrogen (secondary N) is 2. The number of hydrogen-bond donors (Lipinski definition) is 3. The van der Waals surface area contributed by atoms with Crippen LogP contribution in [0.5, 0.6) is 0 Å². The van der Waals surface area contributed by atoms with Crippen molar-refractivity contribution in [1.82, 2.24) is 15.1 Å². The molecule has 5 rings (SSSR count). The van der Waals surface area contributed by atoms with Crippen LogP contribution in [0.4, 0.5) is 22.0 Å². The van der Waals surface area contributed by atoms with Gasteiger partial charge in [0.15, 0.2) is 0 Å². The van der Waals surface area contributed by atoms with Gasteiger partial charge in [-0.3, -0.25) is 9.48 Å². The van der Waals surface area contributed by atoms with Gasteiger partial charge in [0.2, 0.25) is 0 Å². The predicted octanol–water partition coefficient (Wildman–Crippen LogP) is 5.57. The summed E-state index contributed by atoms with van der Waals surface area (Å²) in [6.45, 7) is 0.389. The zero-order chi connectivity index (χ0) is 23.5. The van der Waals surface area contributed by atoms with E-state index in [0.717, 1.165) is 11.4 Å². The third kappa shape index (κ3) is 5.40. The molecule has 2 aromatic carbocycles. The van der Waals surface area contributed by atoms with Crippen molar-refractivity contribution in [2.24, 2.45) is 7.05 Å². The maximum absolute atomic E-state index is 13.5. The van der Waals surface area contributed by atoms with Crippen molar-refractivity contribution in [2.75, 3.05) is 10.2 Å². The summed E-state index contributed by atoms with van der Waals surface area (Å²) in [7, 11) is 1.81. The van der Waals surface area contributed by atoms with Crippen LogP contribution in [0, 0.1) is 0 Å². The molecule has 3 N–H and O–H groups in total. The van der Waals surface area contributed by atoms with E-state index < -0.39 is 6.09 Å². The maximum Gasteiger partial charge on any atom is 0.404 e. The van der Waals surface area contributed by atoms with Crippen LogP contribution in [0.1, 0.15) is 40.7 Å². The number of nitrogens with zero attached hydrogens (tertiary/aromatic N) is 3. The van der Waals surface area contributed by atoms with Gasteiger partial charge in [-0.05, 0) is 35.9 Å². The molecule has 0 unspecified atom stereocenters. The molecule has 2 heterocycles. The van der Waals surface area contributed by atoms with Gasteiger partial charge in [-0.2, -0.15) is 5.10 Å². The Kier molecular flexibility index (Phi) is 6.76. The Bertz CT molecular complexity index is 1210. The first-order valence-corrected chi connectivity index (χ1v) is 11.2. The molecule has 0 bridgehead atoms. The molecular weight excluding hydrogens is 465 g/mol. The van der Waals surface area contributed by atoms with Crippen LogP contribution >= 0.6 is 23.2 Å². The zero-order valence-corrected chi connectivity index (χ0v) is 19.5. The highest BCUT2D eigenvalue weighted by Crippen LogP contribution is 2.38. The fourth-order valence-electron chi connectivity index (χ4n) is 3.33. The van der Waals surface area contributed by atoms with Gasteiger partial charge in [0, 0.05) is 24.2 Å². The summed E-state index contributed by atoms with van der Waals surface area (Å²) in [5.74, 6) is 0.481. The molecule has 3 aromatic rings. The van der Waals surface area contributed by atoms with Gasteiger partial charge in [-0.1, -0.05) is 48.5 Å². The van der Waals surface area contributed by atoms with Gasteiger partial charge < -0.3 is 20.6 Å². The minimum absolute atomic E-state index is 0.0948. The summed E-state index contributed by atoms with van der Waals surface area (Å²) in [6.07, 6.45) is 5.07. The molecule has 172 valence electrons. The van der Waals surface area contributed by atoms with Crippen molar-refractivity contribution in [3.8, 4) is 0 Å². The van der Waals surface area contributed by atoms with Crippen LogP contribution in [-0.4, -0.2) is 26.9 Å². The van der Waals surface area contributed by atoms with E-state index in [0.29, 0.717) is 34.1 Å². The first-order valence-electron chi connectivity index (χ1n) is 10.5. The monoisotopic (exact) mass is 487 g/mol. The topological polar surface area (TPSA) is 99.5 Å². The number of amides is 2. The van der Waals surface area contributed by atoms with Gasteiger partial charge >= 0.3 is 6.09 Å². The largest absolute Gasteiger partial charge is 0.465 e. The SMILES string of the molecule is C1CC1.Cn1ncc2c1Nc1cc(Cl)ccc1N(C(=O)c1ccc(CNC(=O)O)cc1Cl)C2. The van der Waals surface area contributed by atoms with E-state index in [1.807, 2.05) is 7.05 Å². The second-order valence-corrected chi connectivity index (χ2v) is 8.70. The van der Waals surface area contributed by atoms with Crippen LogP contribution in [0.3, 0.4) is 0 Å². The minimum Gasteiger partial charge on any atom is -0.465 e. The minimum atomic E-state index is -1.13. The average Bonchev–Trinajstić information content (AvgIpc) is 3.63. The predicted molar refractivity (Wildman–Crippen MR) is 129 cm³/mol. The number of benzene rings is 2. The summed E-state index contributed by atoms with van der Waals surface area (Å²) in [5.41, 5.74) is 3.14. The molecule has 1 aromatic heterocycles. The first kappa shape index (κ1) is 22.9. The van der Waals surface area contributed by atoms with Crippen LogP contribution in [0.2, 0.25) is 10.0 Å². The molecule has 1 aliphatic heterocycles. The normalized spacial score (nSPS) is 13.5. The average molecular weight is 488 g/mol. The first-order chi connectivity index (χ1) is 15.8. The number of carboxylic acid groups (broad SMARTS) is 1. The van der Waals surface area contributed by atoms with Crippen molar-refractivity contribution in [3.63, 3.8) is 0 Å². The lowest BCUT2D eigenvalue weighted by atomic mass is 10.1. The van der Waals surface area contributed by atoms with E-state index in [9.17, 15) is 9.59 Å². The molecule has 33 heavy (non-hydrogen) atoms. The van der Waals surface area contributed by atoms with E-state index in [2.05, 4.69) is 15.7 Å². The number of fused-ring (bicyclic) bond motifs is 2. The van der Waals surface area contributed by atoms with E-state index >= 15 is 0 Å². The van der Waals surface area contributed by atoms with Crippen molar-refractivity contribution < 1.29 is 14.7 Å². The Morgan fingerprint density at radius 3 is 2.58 bits per heavy atom. The van der Waals surface area contributed by atoms with E-state index in [-0.39, 0.29) is 17.5 Å². The summed E-state index contributed by atoms with van der Waals surface area (Å²) in [4.78, 5) is 25.8. The van der Waals surface area contributed by atoms with Crippen LogP contribution in [0.15, 0.2) is 42.6 Å². The van der Waals surface area contributed by atoms with E-state index in [1.54, 1.807) is 52.2 Å². The Morgan fingerprint density at radius 2 is 1.91 bits per heavy atom. The van der Waals surface area contributed by atoms with Gasteiger partial charge in [0.1, 0.15) is 5.82 Å². The van der Waals surface area contributed by atoms with Crippen molar-refractivity contribution >= 4 is 52.4 Å². The highest BCUT2D eigenvalue weighted by atomic mass is 35.5. The third-order valence-electron chi connectivity index (χ3n) is 5.15. The molecule has 0 saturated heterocycles. The number of carbonyl (C=O) groups excluding carboxylic acids is 1. The van der Waals surface area contributed by atoms with Crippen LogP contribution < -0.4 is 15.5 Å². The highest BCUT2D eigenvalue weighted by Gasteiger charge is 2.28. The number of rotatable bonds is 3. The molecule has 8 nitrogen and oxygen atoms in total. The van der Waals surface area contributed by atoms with Crippen molar-refractivity contribution in [3.05, 3.63) is 69.3 Å². The van der Waals surface area contributed by atoms with E-state index in [4.69, 9.17) is 28.3 Å². The fraction of sp³-hybridized carbons (Fsp3) is 0.261. The lowest BCUT2D eigenvalue weighted by molar-refractivity contribution is 0.0985. The molecule has 2 aliphatic rings. The Morgan fingerprint density at radius 1 is 1.15 bits per heavy atom. The van der Waals surface area contributed by atoms with Gasteiger partial charge in [0.25, 0.3) is 5.91 Å². The molecule has 0 radical (unpaired) electrons. The van der Waals surface area contributed by atoms with Crippen LogP contribution in [-0.2, 0) is 20.1 Å². The maximum atomic E-state index is 13.5. The van der Waals surface area contributed by atoms with Crippen molar-refractivity contribution in [1.29, 1.82) is 0 Å². The third-order valence-corrected chi connectivity index (χ3v) is 5.70. The molecular formula is C23H23Cl2N5O3. The molecule has 1 fully saturated rings. The Hall–Kier alpha value is -3.23. The number of aryl methyl sites for hydroxylation is 1. The lowest BCUT2D eigenvalue weighted by Crippen LogP contribution is -2.30. The van der Waals surface area contributed by atoms with Gasteiger partial charge in [0.05, 0.1) is 34.7 Å². The Balaban J connectivity index is 0.000000799. The molecule has 2 amide bonds. The summed E-state index contributed by atoms with van der Waals surface area (Å²) in [6, 6.07) is 10.1. The second-order valence-electron chi connectivity index (χ2n) is 7.85. The zero-order valence-electron chi connectivity index (χ0n) is 17.9. The highest BCUT2D eigenvalue weighted by molar-refractivity contribution is 6.35. The van der Waals surface area contributed by atoms with Crippen LogP contribution in [0.25, 0.3) is 0 Å². The summed E-state index contributed by atoms with van der Waals surface area (Å²) >= 11 is 12.6. The smallest absolute Gasteiger partial charge is 0.404 e. The summed E-state index contributed by atoms with van der Waals surface area (Å²) in [5, 5.41) is 19.4. The molecule has 1 saturated carbocycles. The second kappa shape index (κ2) is 9.72. The lowest BCUT2D eigenvalue weighted by Gasteiger charge is -2.23. The number of hydrogen-bond acceptors (Lipinski definition) is 4. The fourth-order valence-corrected chi connectivity index (χ4v) is 3.79. The number of carbonyl (C=O) groups is 2. The number of halogens is 2. The molecule has 0 atom stereocenters. The number of anilines is 3. The van der Waals surface area contributed by atoms with Crippen molar-refractivity contribution in [2.45, 2.75) is 32.4 Å². The Labute approximate surface area is 201 Å².